The van der Waals surface area contributed by atoms with Gasteiger partial charge in [0.15, 0.2) is 0 Å². The van der Waals surface area contributed by atoms with Crippen LogP contribution in [0.3, 0.4) is 0 Å². The first-order valence-corrected chi connectivity index (χ1v) is 5.73. The monoisotopic (exact) mass is 214 g/mol. The topological polar surface area (TPSA) is 24.9 Å². The molecular formula is C10H15FN2S. The summed E-state index contributed by atoms with van der Waals surface area (Å²) in [6.45, 7) is 5.28. The van der Waals surface area contributed by atoms with E-state index in [2.05, 4.69) is 10.3 Å². The highest BCUT2D eigenvalue weighted by molar-refractivity contribution is 7.11. The zero-order valence-corrected chi connectivity index (χ0v) is 9.38. The Morgan fingerprint density at radius 3 is 2.86 bits per heavy atom. The van der Waals surface area contributed by atoms with Gasteiger partial charge in [0.05, 0.1) is 10.7 Å². The van der Waals surface area contributed by atoms with Gasteiger partial charge in [-0.05, 0) is 26.8 Å². The summed E-state index contributed by atoms with van der Waals surface area (Å²) < 4.78 is 14.0. The molecule has 4 heteroatoms. The summed E-state index contributed by atoms with van der Waals surface area (Å²) >= 11 is 1.62. The second-order valence-electron chi connectivity index (χ2n) is 4.00. The standard InChI is InChI=1S/C10H15FN2S/c1-7-8(2)14-9(13-7)5-10(11)3-4-12-6-10/h12H,3-6H2,1-2H3. The molecule has 0 radical (unpaired) electrons. The summed E-state index contributed by atoms with van der Waals surface area (Å²) in [5.74, 6) is 0. The zero-order chi connectivity index (χ0) is 10.2. The molecule has 1 aliphatic heterocycles. The Kier molecular flexibility index (Phi) is 2.58. The Labute approximate surface area is 87.6 Å². The van der Waals surface area contributed by atoms with Crippen LogP contribution in [0.25, 0.3) is 0 Å². The fourth-order valence-corrected chi connectivity index (χ4v) is 2.81. The second-order valence-corrected chi connectivity index (χ2v) is 5.29. The number of thiazole rings is 1. The molecule has 0 amide bonds. The van der Waals surface area contributed by atoms with Crippen molar-refractivity contribution in [3.63, 3.8) is 0 Å². The summed E-state index contributed by atoms with van der Waals surface area (Å²) in [5.41, 5.74) is -0.0175. The lowest BCUT2D eigenvalue weighted by Gasteiger charge is -2.15. The lowest BCUT2D eigenvalue weighted by Crippen LogP contribution is -2.28. The van der Waals surface area contributed by atoms with E-state index in [1.54, 1.807) is 11.3 Å². The third kappa shape index (κ3) is 1.96. The number of nitrogens with one attached hydrogen (secondary N) is 1. The Morgan fingerprint density at radius 1 is 1.57 bits per heavy atom. The lowest BCUT2D eigenvalue weighted by molar-refractivity contribution is 0.190. The van der Waals surface area contributed by atoms with Gasteiger partial charge < -0.3 is 5.32 Å². The average molecular weight is 214 g/mol. The molecule has 2 rings (SSSR count). The highest BCUT2D eigenvalue weighted by Crippen LogP contribution is 2.27. The molecule has 2 nitrogen and oxygen atoms in total. The van der Waals surface area contributed by atoms with Crippen LogP contribution in [0.2, 0.25) is 0 Å². The van der Waals surface area contributed by atoms with Crippen molar-refractivity contribution in [3.8, 4) is 0 Å². The Morgan fingerprint density at radius 2 is 2.36 bits per heavy atom. The summed E-state index contributed by atoms with van der Waals surface area (Å²) in [7, 11) is 0. The minimum Gasteiger partial charge on any atom is -0.313 e. The van der Waals surface area contributed by atoms with Crippen LogP contribution >= 0.6 is 11.3 Å². The van der Waals surface area contributed by atoms with Crippen molar-refractivity contribution in [3.05, 3.63) is 15.6 Å². The molecule has 1 atom stereocenters. The van der Waals surface area contributed by atoms with Crippen LogP contribution in [-0.4, -0.2) is 23.7 Å². The molecule has 1 unspecified atom stereocenters. The first kappa shape index (κ1) is 10.1. The molecule has 2 heterocycles. The molecule has 1 aliphatic rings. The molecular weight excluding hydrogens is 199 g/mol. The molecule has 0 aromatic carbocycles. The Bertz CT molecular complexity index is 309. The van der Waals surface area contributed by atoms with Crippen LogP contribution in [0.5, 0.6) is 0 Å². The van der Waals surface area contributed by atoms with Crippen LogP contribution in [0, 0.1) is 13.8 Å². The van der Waals surface area contributed by atoms with E-state index in [4.69, 9.17) is 0 Å². The van der Waals surface area contributed by atoms with E-state index in [1.807, 2.05) is 13.8 Å². The number of hydrogen-bond donors (Lipinski definition) is 1. The molecule has 0 bridgehead atoms. The van der Waals surface area contributed by atoms with Crippen LogP contribution in [-0.2, 0) is 6.42 Å². The summed E-state index contributed by atoms with van der Waals surface area (Å²) in [5, 5.41) is 3.99. The first-order valence-electron chi connectivity index (χ1n) is 4.92. The van der Waals surface area contributed by atoms with Crippen molar-refractivity contribution in [2.45, 2.75) is 32.4 Å². The number of hydrogen-bond acceptors (Lipinski definition) is 3. The molecule has 0 saturated carbocycles. The van der Waals surface area contributed by atoms with Crippen molar-refractivity contribution in [2.75, 3.05) is 13.1 Å². The highest BCUT2D eigenvalue weighted by atomic mass is 32.1. The minimum absolute atomic E-state index is 0.472. The van der Waals surface area contributed by atoms with Gasteiger partial charge in [-0.25, -0.2) is 9.37 Å². The van der Waals surface area contributed by atoms with E-state index in [9.17, 15) is 4.39 Å². The molecule has 1 fully saturated rings. The van der Waals surface area contributed by atoms with E-state index < -0.39 is 5.67 Å². The fraction of sp³-hybridized carbons (Fsp3) is 0.700. The summed E-state index contributed by atoms with van der Waals surface area (Å²) in [6, 6.07) is 0. The number of rotatable bonds is 2. The number of alkyl halides is 1. The van der Waals surface area contributed by atoms with Gasteiger partial charge in [0.25, 0.3) is 0 Å². The van der Waals surface area contributed by atoms with Crippen LogP contribution < -0.4 is 5.32 Å². The van der Waals surface area contributed by atoms with Gasteiger partial charge in [-0.2, -0.15) is 0 Å². The normalized spacial score (nSPS) is 27.1. The highest BCUT2D eigenvalue weighted by Gasteiger charge is 2.34. The molecule has 14 heavy (non-hydrogen) atoms. The summed E-state index contributed by atoms with van der Waals surface area (Å²) in [4.78, 5) is 5.57. The van der Waals surface area contributed by atoms with Crippen molar-refractivity contribution in [1.82, 2.24) is 10.3 Å². The van der Waals surface area contributed by atoms with E-state index >= 15 is 0 Å². The zero-order valence-electron chi connectivity index (χ0n) is 8.56. The largest absolute Gasteiger partial charge is 0.313 e. The van der Waals surface area contributed by atoms with Gasteiger partial charge in [0.2, 0.25) is 0 Å². The third-order valence-corrected chi connectivity index (χ3v) is 3.81. The predicted octanol–water partition coefficient (Wildman–Crippen LogP) is 2.00. The smallest absolute Gasteiger partial charge is 0.130 e. The van der Waals surface area contributed by atoms with Crippen molar-refractivity contribution >= 4 is 11.3 Å². The van der Waals surface area contributed by atoms with Crippen LogP contribution in [0.1, 0.15) is 22.0 Å². The molecule has 0 aliphatic carbocycles. The molecule has 1 saturated heterocycles. The van der Waals surface area contributed by atoms with E-state index in [-0.39, 0.29) is 0 Å². The number of aryl methyl sites for hydroxylation is 2. The molecule has 1 N–H and O–H groups in total. The minimum atomic E-state index is -1.06. The van der Waals surface area contributed by atoms with Crippen LogP contribution in [0.15, 0.2) is 0 Å². The maximum absolute atomic E-state index is 14.0. The van der Waals surface area contributed by atoms with Gasteiger partial charge in [-0.3, -0.25) is 0 Å². The Balaban J connectivity index is 2.10. The lowest BCUT2D eigenvalue weighted by atomic mass is 10.0. The maximum atomic E-state index is 14.0. The first-order chi connectivity index (χ1) is 6.59. The molecule has 0 spiro atoms. The van der Waals surface area contributed by atoms with Gasteiger partial charge in [-0.1, -0.05) is 0 Å². The van der Waals surface area contributed by atoms with Gasteiger partial charge in [0, 0.05) is 17.8 Å². The number of nitrogens with zero attached hydrogens (tertiary/aromatic N) is 1. The van der Waals surface area contributed by atoms with E-state index in [0.29, 0.717) is 19.4 Å². The Hall–Kier alpha value is -0.480. The quantitative estimate of drug-likeness (QED) is 0.814. The maximum Gasteiger partial charge on any atom is 0.130 e. The average Bonchev–Trinajstić information content (AvgIpc) is 2.62. The summed E-state index contributed by atoms with van der Waals surface area (Å²) in [6.07, 6.45) is 1.09. The van der Waals surface area contributed by atoms with Crippen molar-refractivity contribution < 1.29 is 4.39 Å². The molecule has 1 aromatic heterocycles. The van der Waals surface area contributed by atoms with Gasteiger partial charge in [-0.15, -0.1) is 11.3 Å². The number of aromatic nitrogens is 1. The molecule has 1 aromatic rings. The van der Waals surface area contributed by atoms with Gasteiger partial charge >= 0.3 is 0 Å². The van der Waals surface area contributed by atoms with Crippen molar-refractivity contribution in [2.24, 2.45) is 0 Å². The van der Waals surface area contributed by atoms with Gasteiger partial charge in [0.1, 0.15) is 5.67 Å². The van der Waals surface area contributed by atoms with E-state index in [1.165, 1.54) is 4.88 Å². The fourth-order valence-electron chi connectivity index (χ4n) is 1.75. The molecule has 78 valence electrons. The predicted molar refractivity (Wildman–Crippen MR) is 56.6 cm³/mol. The third-order valence-electron chi connectivity index (χ3n) is 2.73. The SMILES string of the molecule is Cc1nc(CC2(F)CCNC2)sc1C. The van der Waals surface area contributed by atoms with Crippen molar-refractivity contribution in [1.29, 1.82) is 0 Å². The van der Waals surface area contributed by atoms with Crippen LogP contribution in [0.4, 0.5) is 4.39 Å². The van der Waals surface area contributed by atoms with E-state index in [0.717, 1.165) is 17.2 Å². The second kappa shape index (κ2) is 3.59. The number of halogens is 1.